The maximum absolute atomic E-state index is 12.1. The highest BCUT2D eigenvalue weighted by molar-refractivity contribution is 7.19. The standard InChI is InChI=1S/2C20H24N2O4.C19H18N2O2S.C18H17N3O2S.C18H18N2O4.C18H20N2O2/c1-14(17-6-4-5-11-21-17)7-10-18(23)20(24)22-13-15-8-9-16(25-2)12-19(15)26-3;1-14(10-16-6-4-5-9-21-16)11-18(23)20(24)22-13-15-7-8-17(25-2)12-19(15)26-3;22-17(9-5-8-15-7-3-4-11-20-15)19(23)21-13-16-12-14-6-1-2-10-18(14)24-16;22-15(9-5-7-13-6-3-4-11-19-13)18(23)20-12-17-21-14-8-1-2-10-16(14)24-17;21-15(8-4-7-14-6-1-2-10-19-14)18(22)20-11-13-5-3-9-16-17(13)24-12-23-16;1-14-8-10-15(11-9-14)13-20-18(22)17(21)7-4-6-16-5-2-3-12-19-16/h4-6,8-9,11-12,14H,7,10,13H2,1-3H3,(H,22,24);4-9,12,14H,10-11,13H2,1-3H3,(H,22,24);1-4,6-7,10-12H,5,8-9,13H2,(H,21,23);1-4,6,8,10-11H,5,7,9,12H2,(H,20,23);1-3,5-6,9-10H,4,7-8,11-12H2,(H,20,22);2-3,5,8-12H,4,6-7,13H2,1H3,(H,20,22). The van der Waals surface area contributed by atoms with Crippen LogP contribution < -0.4 is 60.3 Å². The molecular weight excluding hydrogens is 1890 g/mol. The number of nitrogens with zero attached hydrogens (tertiary/aromatic N) is 7. The van der Waals surface area contributed by atoms with Crippen molar-refractivity contribution >= 4 is 113 Å². The minimum Gasteiger partial charge on any atom is -0.497 e. The third-order valence-electron chi connectivity index (χ3n) is 22.6. The number of pyridine rings is 6. The number of carbonyl (C=O) groups is 12. The van der Waals surface area contributed by atoms with Gasteiger partial charge in [-0.1, -0.05) is 123 Å². The summed E-state index contributed by atoms with van der Waals surface area (Å²) in [4.78, 5) is 174. The Bertz CT molecular complexity index is 6360. The van der Waals surface area contributed by atoms with Crippen molar-refractivity contribution < 1.29 is 86.0 Å². The van der Waals surface area contributed by atoms with Gasteiger partial charge in [0.2, 0.25) is 41.5 Å². The van der Waals surface area contributed by atoms with Gasteiger partial charge in [-0.25, -0.2) is 4.98 Å². The van der Waals surface area contributed by atoms with Gasteiger partial charge in [0.25, 0.3) is 35.4 Å². The molecule has 0 fully saturated rings. The zero-order chi connectivity index (χ0) is 104. The number of thiazole rings is 1. The van der Waals surface area contributed by atoms with Gasteiger partial charge in [-0.2, -0.15) is 0 Å². The minimum absolute atomic E-state index is 0.0404. The summed E-state index contributed by atoms with van der Waals surface area (Å²) in [5.41, 5.74) is 11.0. The molecule has 0 aliphatic carbocycles. The molecule has 0 bridgehead atoms. The Labute approximate surface area is 856 Å². The van der Waals surface area contributed by atoms with E-state index in [1.807, 2.05) is 221 Å². The number of aryl methyl sites for hydroxylation is 5. The number of hydrogen-bond acceptors (Lipinski definition) is 27. The molecule has 6 aromatic carbocycles. The van der Waals surface area contributed by atoms with Crippen molar-refractivity contribution in [3.63, 3.8) is 0 Å². The highest BCUT2D eigenvalue weighted by Crippen LogP contribution is 2.36. The number of carbonyl (C=O) groups excluding carboxylic acids is 12. The highest BCUT2D eigenvalue weighted by Gasteiger charge is 2.24. The SMILES string of the molecule is COc1ccc(CNC(=O)C(=O)CC(C)Cc2ccccn2)c(OC)c1.COc1ccc(CNC(=O)C(=O)CCC(C)c2ccccn2)c(OC)c1.Cc1ccc(CNC(=O)C(=O)CCCc2ccccn2)cc1.O=C(CCCc1ccccn1)C(=O)NCc1cc2ccccc2s1.O=C(CCCc1ccccn1)C(=O)NCc1cccc2c1OCO2.O=C(CCCc1ccccn1)C(=O)NCc1nc2ccccc2s1. The fraction of sp³-hybridized carbons (Fsp3) is 0.283. The van der Waals surface area contributed by atoms with E-state index in [2.05, 4.69) is 66.8 Å². The molecule has 0 spiro atoms. The summed E-state index contributed by atoms with van der Waals surface area (Å²) in [5.74, 6) is -1.77. The highest BCUT2D eigenvalue weighted by atomic mass is 32.1. The molecule has 0 saturated carbocycles. The first-order chi connectivity index (χ1) is 70.9. The molecule has 6 N–H and O–H groups in total. The van der Waals surface area contributed by atoms with E-state index in [0.29, 0.717) is 112 Å². The number of nitrogens with one attached hydrogen (secondary N) is 6. The Morgan fingerprint density at radius 2 is 0.781 bits per heavy atom. The predicted molar refractivity (Wildman–Crippen MR) is 558 cm³/mol. The Morgan fingerprint density at radius 1 is 0.363 bits per heavy atom. The molecular formula is C113H121N13O18S2. The van der Waals surface area contributed by atoms with E-state index in [9.17, 15) is 57.5 Å². The minimum atomic E-state index is -0.587. The van der Waals surface area contributed by atoms with Crippen molar-refractivity contribution in [1.82, 2.24) is 66.8 Å². The molecule has 8 aromatic heterocycles. The van der Waals surface area contributed by atoms with Gasteiger partial charge in [0.15, 0.2) is 11.5 Å². The molecule has 1 aliphatic heterocycles. The summed E-state index contributed by atoms with van der Waals surface area (Å²) >= 11 is 3.15. The van der Waals surface area contributed by atoms with E-state index in [4.69, 9.17) is 28.4 Å². The normalized spacial score (nSPS) is 11.1. The summed E-state index contributed by atoms with van der Waals surface area (Å²) in [5, 5.41) is 17.9. The van der Waals surface area contributed by atoms with Crippen LogP contribution in [0, 0.1) is 12.8 Å². The lowest BCUT2D eigenvalue weighted by molar-refractivity contribution is -0.138. The second-order valence-corrected chi connectivity index (χ2v) is 36.0. The topological polar surface area (TPSA) is 423 Å². The maximum Gasteiger partial charge on any atom is 0.287 e. The maximum atomic E-state index is 12.1. The van der Waals surface area contributed by atoms with Gasteiger partial charge in [-0.05, 0) is 221 Å². The van der Waals surface area contributed by atoms with Crippen molar-refractivity contribution in [3.8, 4) is 34.5 Å². The second kappa shape index (κ2) is 61.5. The van der Waals surface area contributed by atoms with Crippen LogP contribution in [0.15, 0.2) is 280 Å². The summed E-state index contributed by atoms with van der Waals surface area (Å²) < 4.78 is 33.8. The van der Waals surface area contributed by atoms with Gasteiger partial charge >= 0.3 is 0 Å². The van der Waals surface area contributed by atoms with E-state index in [0.717, 1.165) is 81.9 Å². The first-order valence-electron chi connectivity index (χ1n) is 47.8. The molecule has 2 unspecified atom stereocenters. The number of Topliss-reactive ketones (excluding diaryl/α,β-unsaturated/α-hetero) is 6. The number of methoxy groups -OCH3 is 4. The number of aromatic nitrogens is 7. The van der Waals surface area contributed by atoms with E-state index in [1.165, 1.54) is 21.6 Å². The molecule has 15 rings (SSSR count). The first kappa shape index (κ1) is 112. The molecule has 33 heteroatoms. The number of para-hydroxylation sites is 2. The fourth-order valence-corrected chi connectivity index (χ4v) is 16.5. The van der Waals surface area contributed by atoms with Crippen LogP contribution in [0.5, 0.6) is 34.5 Å². The molecule has 14 aromatic rings. The largest absolute Gasteiger partial charge is 0.497 e. The van der Waals surface area contributed by atoms with Crippen molar-refractivity contribution in [1.29, 1.82) is 0 Å². The number of ether oxygens (including phenoxy) is 6. The molecule has 31 nitrogen and oxygen atoms in total. The zero-order valence-corrected chi connectivity index (χ0v) is 84.4. The monoisotopic (exact) mass is 2010 g/mol. The van der Waals surface area contributed by atoms with Crippen molar-refractivity contribution in [2.75, 3.05) is 35.2 Å². The van der Waals surface area contributed by atoms with Crippen LogP contribution in [-0.2, 0) is 129 Å². The van der Waals surface area contributed by atoms with Crippen LogP contribution in [0.4, 0.5) is 0 Å². The number of amides is 6. The number of thiophene rings is 1. The second-order valence-electron chi connectivity index (χ2n) is 33.7. The molecule has 1 aliphatic rings. The Hall–Kier alpha value is -16.3. The molecule has 0 radical (unpaired) electrons. The lowest BCUT2D eigenvalue weighted by Gasteiger charge is -2.12. The van der Waals surface area contributed by atoms with Crippen molar-refractivity contribution in [3.05, 3.63) is 352 Å². The number of ketones is 6. The Kier molecular flexibility index (Phi) is 47.1. The predicted octanol–water partition coefficient (Wildman–Crippen LogP) is 16.4. The third kappa shape index (κ3) is 39.2. The Balaban J connectivity index is 0.000000180. The van der Waals surface area contributed by atoms with E-state index in [-0.39, 0.29) is 94.9 Å². The fourth-order valence-electron chi connectivity index (χ4n) is 14.6. The quantitative estimate of drug-likeness (QED) is 0.0193. The Morgan fingerprint density at radius 3 is 1.23 bits per heavy atom. The van der Waals surface area contributed by atoms with Gasteiger partial charge in [0.05, 0.1) is 51.7 Å². The van der Waals surface area contributed by atoms with Gasteiger partial charge in [0.1, 0.15) is 28.0 Å². The van der Waals surface area contributed by atoms with E-state index < -0.39 is 58.6 Å². The average Bonchev–Trinajstić information content (AvgIpc) is 1.71. The van der Waals surface area contributed by atoms with Crippen LogP contribution in [0.2, 0.25) is 0 Å². The number of fused-ring (bicyclic) bond motifs is 3. The van der Waals surface area contributed by atoms with Gasteiger partial charge in [-0.3, -0.25) is 87.4 Å². The van der Waals surface area contributed by atoms with E-state index >= 15 is 0 Å². The molecule has 9 heterocycles. The first-order valence-corrected chi connectivity index (χ1v) is 49.5. The summed E-state index contributed by atoms with van der Waals surface area (Å²) in [6.45, 7) is 7.83. The summed E-state index contributed by atoms with van der Waals surface area (Å²) in [7, 11) is 6.23. The number of rotatable bonds is 46. The van der Waals surface area contributed by atoms with Crippen molar-refractivity contribution in [2.24, 2.45) is 5.92 Å². The van der Waals surface area contributed by atoms with Crippen LogP contribution in [0.1, 0.15) is 162 Å². The molecule has 6 amide bonds. The van der Waals surface area contributed by atoms with Crippen molar-refractivity contribution in [2.45, 2.75) is 169 Å². The molecule has 758 valence electrons. The molecule has 146 heavy (non-hydrogen) atoms. The number of benzene rings is 6. The lowest BCUT2D eigenvalue weighted by atomic mass is 9.98. The van der Waals surface area contributed by atoms with E-state index in [1.54, 1.807) is 119 Å². The number of hydrogen-bond donors (Lipinski definition) is 6. The zero-order valence-electron chi connectivity index (χ0n) is 82.8. The van der Waals surface area contributed by atoms with Crippen LogP contribution in [-0.4, -0.2) is 140 Å². The molecule has 0 saturated heterocycles. The van der Waals surface area contributed by atoms with Crippen LogP contribution >= 0.6 is 22.7 Å². The van der Waals surface area contributed by atoms with Crippen LogP contribution in [0.3, 0.4) is 0 Å². The third-order valence-corrected chi connectivity index (χ3v) is 24.7. The average molecular weight is 2010 g/mol. The molecule has 2 atom stereocenters. The summed E-state index contributed by atoms with van der Waals surface area (Å²) in [6, 6.07) is 75.9. The lowest BCUT2D eigenvalue weighted by Crippen LogP contribution is -2.31. The summed E-state index contributed by atoms with van der Waals surface area (Å²) in [6.07, 6.45) is 18.1. The van der Waals surface area contributed by atoms with Gasteiger partial charge in [-0.15, -0.1) is 22.7 Å². The van der Waals surface area contributed by atoms with Crippen LogP contribution in [0.25, 0.3) is 20.3 Å². The van der Waals surface area contributed by atoms with Gasteiger partial charge < -0.3 is 60.3 Å². The smallest absolute Gasteiger partial charge is 0.287 e. The van der Waals surface area contributed by atoms with Gasteiger partial charge in [0, 0.05) is 174 Å².